The molecule has 0 aromatic heterocycles. The summed E-state index contributed by atoms with van der Waals surface area (Å²) in [6.45, 7) is 2.03. The van der Waals surface area contributed by atoms with E-state index < -0.39 is 5.97 Å². The summed E-state index contributed by atoms with van der Waals surface area (Å²) < 4.78 is 0.373. The molecule has 1 aromatic rings. The molecule has 0 saturated heterocycles. The SMILES string of the molecule is CC(I)Sc1ccccc1C(=O)O. The average molecular weight is 308 g/mol. The Morgan fingerprint density at radius 3 is 2.69 bits per heavy atom. The van der Waals surface area contributed by atoms with Crippen molar-refractivity contribution in [1.82, 2.24) is 0 Å². The molecule has 0 aliphatic rings. The number of carbonyl (C=O) groups is 1. The smallest absolute Gasteiger partial charge is 0.336 e. The normalized spacial score (nSPS) is 12.5. The summed E-state index contributed by atoms with van der Waals surface area (Å²) in [4.78, 5) is 11.6. The summed E-state index contributed by atoms with van der Waals surface area (Å²) in [7, 11) is 0. The zero-order valence-corrected chi connectivity index (χ0v) is 10.0. The van der Waals surface area contributed by atoms with Gasteiger partial charge < -0.3 is 5.11 Å². The summed E-state index contributed by atoms with van der Waals surface area (Å²) in [5.74, 6) is -0.861. The Labute approximate surface area is 94.9 Å². The van der Waals surface area contributed by atoms with Gasteiger partial charge >= 0.3 is 5.97 Å². The molecule has 1 aromatic carbocycles. The van der Waals surface area contributed by atoms with Gasteiger partial charge in [-0.3, -0.25) is 0 Å². The minimum absolute atomic E-state index is 0.373. The highest BCUT2D eigenvalue weighted by Crippen LogP contribution is 2.29. The third-order valence-electron chi connectivity index (χ3n) is 1.41. The standard InChI is InChI=1S/C9H9IO2S/c1-6(10)13-8-5-3-2-4-7(8)9(11)12/h2-6H,1H3,(H,11,12). The molecule has 70 valence electrons. The van der Waals surface area contributed by atoms with E-state index in [1.807, 2.05) is 19.1 Å². The summed E-state index contributed by atoms with van der Waals surface area (Å²) in [6, 6.07) is 7.06. The molecule has 0 radical (unpaired) electrons. The van der Waals surface area contributed by atoms with Gasteiger partial charge in [0, 0.05) is 4.90 Å². The Morgan fingerprint density at radius 1 is 1.54 bits per heavy atom. The van der Waals surface area contributed by atoms with E-state index in [2.05, 4.69) is 22.6 Å². The zero-order valence-electron chi connectivity index (χ0n) is 7.03. The van der Waals surface area contributed by atoms with Gasteiger partial charge in [0.1, 0.15) is 0 Å². The Bertz CT molecular complexity index is 312. The van der Waals surface area contributed by atoms with Gasteiger partial charge in [0.15, 0.2) is 0 Å². The lowest BCUT2D eigenvalue weighted by atomic mass is 10.2. The van der Waals surface area contributed by atoms with Crippen LogP contribution in [0.4, 0.5) is 0 Å². The van der Waals surface area contributed by atoms with Gasteiger partial charge in [0.2, 0.25) is 0 Å². The van der Waals surface area contributed by atoms with Crippen molar-refractivity contribution < 1.29 is 9.90 Å². The van der Waals surface area contributed by atoms with Crippen molar-refractivity contribution in [2.24, 2.45) is 0 Å². The number of carboxylic acids is 1. The highest BCUT2D eigenvalue weighted by atomic mass is 127. The molecule has 13 heavy (non-hydrogen) atoms. The molecule has 4 heteroatoms. The topological polar surface area (TPSA) is 37.3 Å². The van der Waals surface area contributed by atoms with Crippen molar-refractivity contribution in [3.8, 4) is 0 Å². The fourth-order valence-corrected chi connectivity index (χ4v) is 2.53. The molecule has 1 N–H and O–H groups in total. The van der Waals surface area contributed by atoms with Gasteiger partial charge in [-0.15, -0.1) is 11.8 Å². The maximum atomic E-state index is 10.8. The van der Waals surface area contributed by atoms with E-state index in [9.17, 15) is 4.79 Å². The Hall–Kier alpha value is -0.230. The Morgan fingerprint density at radius 2 is 2.15 bits per heavy atom. The van der Waals surface area contributed by atoms with Crippen LogP contribution in [-0.4, -0.2) is 14.3 Å². The van der Waals surface area contributed by atoms with E-state index >= 15 is 0 Å². The number of carboxylic acid groups (broad SMARTS) is 1. The van der Waals surface area contributed by atoms with Crippen molar-refractivity contribution >= 4 is 40.3 Å². The molecule has 0 heterocycles. The fourth-order valence-electron chi connectivity index (χ4n) is 0.921. The van der Waals surface area contributed by atoms with Crippen molar-refractivity contribution in [2.75, 3.05) is 0 Å². The molecule has 1 unspecified atom stereocenters. The molecule has 0 bridgehead atoms. The van der Waals surface area contributed by atoms with Crippen LogP contribution in [0.3, 0.4) is 0 Å². The van der Waals surface area contributed by atoms with Crippen LogP contribution in [0, 0.1) is 0 Å². The first-order valence-corrected chi connectivity index (χ1v) is 5.87. The lowest BCUT2D eigenvalue weighted by Crippen LogP contribution is -1.99. The van der Waals surface area contributed by atoms with E-state index in [4.69, 9.17) is 5.11 Å². The zero-order chi connectivity index (χ0) is 9.84. The first-order chi connectivity index (χ1) is 6.11. The predicted octanol–water partition coefficient (Wildman–Crippen LogP) is 3.26. The minimum atomic E-state index is -0.861. The van der Waals surface area contributed by atoms with Gasteiger partial charge in [-0.25, -0.2) is 4.79 Å². The van der Waals surface area contributed by atoms with Gasteiger partial charge in [0.25, 0.3) is 0 Å². The molecule has 2 nitrogen and oxygen atoms in total. The second kappa shape index (κ2) is 4.85. The largest absolute Gasteiger partial charge is 0.478 e. The molecule has 1 rings (SSSR count). The van der Waals surface area contributed by atoms with E-state index in [0.717, 1.165) is 4.90 Å². The quantitative estimate of drug-likeness (QED) is 0.529. The van der Waals surface area contributed by atoms with Gasteiger partial charge in [0.05, 0.1) is 8.82 Å². The molecule has 1 atom stereocenters. The summed E-state index contributed by atoms with van der Waals surface area (Å²) >= 11 is 3.82. The molecule has 0 aliphatic carbocycles. The lowest BCUT2D eigenvalue weighted by molar-refractivity contribution is 0.0693. The van der Waals surface area contributed by atoms with E-state index in [0.29, 0.717) is 8.82 Å². The van der Waals surface area contributed by atoms with Crippen LogP contribution in [0.5, 0.6) is 0 Å². The van der Waals surface area contributed by atoms with Crippen LogP contribution in [0.1, 0.15) is 17.3 Å². The number of halogens is 1. The number of thioether (sulfide) groups is 1. The highest BCUT2D eigenvalue weighted by molar-refractivity contribution is 14.1. The summed E-state index contributed by atoms with van der Waals surface area (Å²) in [5.41, 5.74) is 0.385. The molecule has 0 fully saturated rings. The number of hydrogen-bond acceptors (Lipinski definition) is 2. The van der Waals surface area contributed by atoms with Gasteiger partial charge in [-0.05, 0) is 19.1 Å². The van der Waals surface area contributed by atoms with Crippen molar-refractivity contribution in [2.45, 2.75) is 15.1 Å². The number of aromatic carboxylic acids is 1. The molecule has 0 amide bonds. The first kappa shape index (κ1) is 10.8. The van der Waals surface area contributed by atoms with Crippen LogP contribution in [0.2, 0.25) is 0 Å². The minimum Gasteiger partial charge on any atom is -0.478 e. The third kappa shape index (κ3) is 3.19. The summed E-state index contributed by atoms with van der Waals surface area (Å²) in [6.07, 6.45) is 0. The number of alkyl halides is 1. The van der Waals surface area contributed by atoms with Crippen LogP contribution in [-0.2, 0) is 0 Å². The number of benzene rings is 1. The van der Waals surface area contributed by atoms with E-state index in [1.165, 1.54) is 0 Å². The number of hydrogen-bond donors (Lipinski definition) is 1. The van der Waals surface area contributed by atoms with Crippen LogP contribution in [0.25, 0.3) is 0 Å². The molecular weight excluding hydrogens is 299 g/mol. The highest BCUT2D eigenvalue weighted by Gasteiger charge is 2.10. The van der Waals surface area contributed by atoms with E-state index in [1.54, 1.807) is 23.9 Å². The monoisotopic (exact) mass is 308 g/mol. The van der Waals surface area contributed by atoms with Gasteiger partial charge in [-0.1, -0.05) is 34.7 Å². The first-order valence-electron chi connectivity index (χ1n) is 3.74. The second-order valence-corrected chi connectivity index (χ2v) is 6.56. The Balaban J connectivity index is 2.98. The lowest BCUT2D eigenvalue weighted by Gasteiger charge is -2.06. The molecule has 0 aliphatic heterocycles. The third-order valence-corrected chi connectivity index (χ3v) is 3.10. The number of rotatable bonds is 3. The molecule has 0 spiro atoms. The molecular formula is C9H9IO2S. The van der Waals surface area contributed by atoms with Crippen molar-refractivity contribution in [3.63, 3.8) is 0 Å². The van der Waals surface area contributed by atoms with Crippen LogP contribution >= 0.6 is 34.4 Å². The van der Waals surface area contributed by atoms with E-state index in [-0.39, 0.29) is 0 Å². The fraction of sp³-hybridized carbons (Fsp3) is 0.222. The van der Waals surface area contributed by atoms with Crippen LogP contribution in [0.15, 0.2) is 29.2 Å². The second-order valence-electron chi connectivity index (χ2n) is 2.46. The van der Waals surface area contributed by atoms with Crippen molar-refractivity contribution in [1.29, 1.82) is 0 Å². The maximum Gasteiger partial charge on any atom is 0.336 e. The van der Waals surface area contributed by atoms with Gasteiger partial charge in [-0.2, -0.15) is 0 Å². The Kier molecular flexibility index (Phi) is 4.05. The maximum absolute atomic E-state index is 10.8. The average Bonchev–Trinajstić information content (AvgIpc) is 2.03. The predicted molar refractivity (Wildman–Crippen MR) is 62.7 cm³/mol. The van der Waals surface area contributed by atoms with Crippen LogP contribution < -0.4 is 0 Å². The summed E-state index contributed by atoms with van der Waals surface area (Å²) in [5, 5.41) is 8.86. The molecule has 0 saturated carbocycles. The van der Waals surface area contributed by atoms with Crippen molar-refractivity contribution in [3.05, 3.63) is 29.8 Å².